The van der Waals surface area contributed by atoms with Crippen LogP contribution >= 0.6 is 0 Å². The van der Waals surface area contributed by atoms with Crippen LogP contribution in [0.3, 0.4) is 0 Å². The number of aryl methyl sites for hydroxylation is 1. The summed E-state index contributed by atoms with van der Waals surface area (Å²) in [5.41, 5.74) is -0.501. The van der Waals surface area contributed by atoms with Crippen molar-refractivity contribution in [2.24, 2.45) is 7.05 Å². The Morgan fingerprint density at radius 1 is 1.33 bits per heavy atom. The van der Waals surface area contributed by atoms with Crippen LogP contribution in [0.5, 0.6) is 0 Å². The molecule has 0 fully saturated rings. The largest absolute Gasteiger partial charge is 0.416 e. The van der Waals surface area contributed by atoms with E-state index in [1.165, 1.54) is 29.3 Å². The standard InChI is InChI=1S/C17H16F3N5O2/c1-10(11-4-3-5-12(6-11)17(18,19)20)23-14(26)8-25-9-21-15-13(16(25)27)7-22-24(15)2/h3-7,9-10H,8H2,1-2H3,(H,23,26)/t10-/m1/s1. The summed E-state index contributed by atoms with van der Waals surface area (Å²) in [6, 6.07) is 4.07. The van der Waals surface area contributed by atoms with Crippen LogP contribution in [-0.2, 0) is 24.6 Å². The van der Waals surface area contributed by atoms with Gasteiger partial charge in [0.15, 0.2) is 5.65 Å². The number of aromatic nitrogens is 4. The number of halogens is 3. The normalized spacial score (nSPS) is 12.9. The SMILES string of the molecule is C[C@@H](NC(=O)Cn1cnc2c(cnn2C)c1=O)c1cccc(C(F)(F)F)c1. The Labute approximate surface area is 151 Å². The zero-order valence-electron chi connectivity index (χ0n) is 14.5. The Kier molecular flexibility index (Phi) is 4.73. The minimum Gasteiger partial charge on any atom is -0.348 e. The van der Waals surface area contributed by atoms with Gasteiger partial charge < -0.3 is 5.32 Å². The van der Waals surface area contributed by atoms with Gasteiger partial charge in [-0.25, -0.2) is 4.98 Å². The molecule has 142 valence electrons. The third-order valence-electron chi connectivity index (χ3n) is 4.12. The second-order valence-corrected chi connectivity index (χ2v) is 6.10. The highest BCUT2D eigenvalue weighted by Gasteiger charge is 2.30. The molecule has 0 saturated carbocycles. The van der Waals surface area contributed by atoms with E-state index < -0.39 is 29.2 Å². The number of nitrogens with one attached hydrogen (secondary N) is 1. The van der Waals surface area contributed by atoms with Gasteiger partial charge in [-0.2, -0.15) is 18.3 Å². The summed E-state index contributed by atoms with van der Waals surface area (Å²) >= 11 is 0. The summed E-state index contributed by atoms with van der Waals surface area (Å²) in [4.78, 5) is 28.7. The lowest BCUT2D eigenvalue weighted by Gasteiger charge is -2.16. The van der Waals surface area contributed by atoms with Crippen LogP contribution in [-0.4, -0.2) is 25.2 Å². The van der Waals surface area contributed by atoms with Crippen LogP contribution in [0.2, 0.25) is 0 Å². The first-order chi connectivity index (χ1) is 12.7. The summed E-state index contributed by atoms with van der Waals surface area (Å²) in [5, 5.41) is 6.81. The molecule has 0 aliphatic heterocycles. The molecule has 0 spiro atoms. The van der Waals surface area contributed by atoms with Crippen LogP contribution in [0.25, 0.3) is 11.0 Å². The average Bonchev–Trinajstić information content (AvgIpc) is 2.98. The molecule has 0 bridgehead atoms. The number of hydrogen-bond donors (Lipinski definition) is 1. The molecule has 0 unspecified atom stereocenters. The zero-order chi connectivity index (χ0) is 19.8. The second-order valence-electron chi connectivity index (χ2n) is 6.10. The molecule has 0 saturated heterocycles. The molecule has 1 N–H and O–H groups in total. The van der Waals surface area contributed by atoms with Gasteiger partial charge in [0.1, 0.15) is 18.3 Å². The molecule has 1 atom stereocenters. The van der Waals surface area contributed by atoms with Crippen LogP contribution in [0.4, 0.5) is 13.2 Å². The molecule has 2 aromatic heterocycles. The summed E-state index contributed by atoms with van der Waals surface area (Å²) in [6.07, 6.45) is -1.86. The van der Waals surface area contributed by atoms with Crippen molar-refractivity contribution in [2.45, 2.75) is 25.7 Å². The van der Waals surface area contributed by atoms with E-state index in [1.54, 1.807) is 14.0 Å². The Morgan fingerprint density at radius 2 is 2.07 bits per heavy atom. The van der Waals surface area contributed by atoms with E-state index >= 15 is 0 Å². The van der Waals surface area contributed by atoms with Crippen molar-refractivity contribution in [3.05, 3.63) is 58.3 Å². The minimum absolute atomic E-state index is 0.277. The number of hydrogen-bond acceptors (Lipinski definition) is 4. The molecular weight excluding hydrogens is 363 g/mol. The minimum atomic E-state index is -4.46. The molecule has 0 aliphatic carbocycles. The van der Waals surface area contributed by atoms with Gasteiger partial charge in [0, 0.05) is 7.05 Å². The highest BCUT2D eigenvalue weighted by molar-refractivity contribution is 5.77. The van der Waals surface area contributed by atoms with Gasteiger partial charge in [0.05, 0.1) is 17.8 Å². The van der Waals surface area contributed by atoms with E-state index in [0.717, 1.165) is 16.7 Å². The predicted octanol–water partition coefficient (Wildman–Crippen LogP) is 2.03. The number of carbonyl (C=O) groups excluding carboxylic acids is 1. The van der Waals surface area contributed by atoms with Crippen LogP contribution in [0, 0.1) is 0 Å². The fourth-order valence-corrected chi connectivity index (χ4v) is 2.69. The van der Waals surface area contributed by atoms with Gasteiger partial charge in [-0.15, -0.1) is 0 Å². The van der Waals surface area contributed by atoms with Crippen LogP contribution in [0.15, 0.2) is 41.6 Å². The molecule has 3 rings (SSSR count). The molecule has 1 aromatic carbocycles. The molecule has 2 heterocycles. The highest BCUT2D eigenvalue weighted by Crippen LogP contribution is 2.30. The Hall–Kier alpha value is -3.17. The van der Waals surface area contributed by atoms with Gasteiger partial charge in [-0.3, -0.25) is 18.8 Å². The monoisotopic (exact) mass is 379 g/mol. The first-order valence-corrected chi connectivity index (χ1v) is 8.00. The maximum Gasteiger partial charge on any atom is 0.416 e. The molecule has 10 heteroatoms. The number of carbonyl (C=O) groups is 1. The first kappa shape index (κ1) is 18.6. The molecule has 27 heavy (non-hydrogen) atoms. The fourth-order valence-electron chi connectivity index (χ4n) is 2.69. The summed E-state index contributed by atoms with van der Waals surface area (Å²) < 4.78 is 41.0. The third kappa shape index (κ3) is 3.83. The van der Waals surface area contributed by atoms with E-state index in [4.69, 9.17) is 0 Å². The molecule has 0 aliphatic rings. The maximum atomic E-state index is 12.8. The number of fused-ring (bicyclic) bond motifs is 1. The fraction of sp³-hybridized carbons (Fsp3) is 0.294. The number of nitrogens with zero attached hydrogens (tertiary/aromatic N) is 4. The number of alkyl halides is 3. The van der Waals surface area contributed by atoms with E-state index in [-0.39, 0.29) is 11.9 Å². The smallest absolute Gasteiger partial charge is 0.348 e. The lowest BCUT2D eigenvalue weighted by molar-refractivity contribution is -0.137. The lowest BCUT2D eigenvalue weighted by atomic mass is 10.0. The summed E-state index contributed by atoms with van der Waals surface area (Å²) in [6.45, 7) is 1.26. The van der Waals surface area contributed by atoms with Crippen molar-refractivity contribution >= 4 is 16.9 Å². The van der Waals surface area contributed by atoms with Crippen molar-refractivity contribution in [2.75, 3.05) is 0 Å². The van der Waals surface area contributed by atoms with Gasteiger partial charge in [0.25, 0.3) is 5.56 Å². The van der Waals surface area contributed by atoms with Gasteiger partial charge >= 0.3 is 6.18 Å². The molecular formula is C17H16F3N5O2. The Morgan fingerprint density at radius 3 is 2.78 bits per heavy atom. The Balaban J connectivity index is 1.74. The van der Waals surface area contributed by atoms with E-state index in [2.05, 4.69) is 15.4 Å². The Bertz CT molecular complexity index is 1050. The number of benzene rings is 1. The number of rotatable bonds is 4. The maximum absolute atomic E-state index is 12.8. The van der Waals surface area contributed by atoms with E-state index in [0.29, 0.717) is 11.2 Å². The topological polar surface area (TPSA) is 81.8 Å². The van der Waals surface area contributed by atoms with Crippen LogP contribution < -0.4 is 10.9 Å². The van der Waals surface area contributed by atoms with Crippen LogP contribution in [0.1, 0.15) is 24.1 Å². The number of amides is 1. The predicted molar refractivity (Wildman–Crippen MR) is 90.8 cm³/mol. The highest BCUT2D eigenvalue weighted by atomic mass is 19.4. The third-order valence-corrected chi connectivity index (χ3v) is 4.12. The van der Waals surface area contributed by atoms with Crippen molar-refractivity contribution < 1.29 is 18.0 Å². The second kappa shape index (κ2) is 6.86. The summed E-state index contributed by atoms with van der Waals surface area (Å²) in [5.74, 6) is -0.521. The van der Waals surface area contributed by atoms with Crippen molar-refractivity contribution in [1.29, 1.82) is 0 Å². The van der Waals surface area contributed by atoms with Crippen molar-refractivity contribution in [3.8, 4) is 0 Å². The van der Waals surface area contributed by atoms with E-state index in [1.807, 2.05) is 0 Å². The molecule has 7 nitrogen and oxygen atoms in total. The van der Waals surface area contributed by atoms with Crippen molar-refractivity contribution in [1.82, 2.24) is 24.6 Å². The van der Waals surface area contributed by atoms with Gasteiger partial charge in [-0.1, -0.05) is 12.1 Å². The van der Waals surface area contributed by atoms with Gasteiger partial charge in [-0.05, 0) is 24.6 Å². The zero-order valence-corrected chi connectivity index (χ0v) is 14.5. The molecule has 3 aromatic rings. The summed E-state index contributed by atoms with van der Waals surface area (Å²) in [7, 11) is 1.64. The lowest BCUT2D eigenvalue weighted by Crippen LogP contribution is -2.34. The quantitative estimate of drug-likeness (QED) is 0.752. The first-order valence-electron chi connectivity index (χ1n) is 8.00. The van der Waals surface area contributed by atoms with E-state index in [9.17, 15) is 22.8 Å². The van der Waals surface area contributed by atoms with Gasteiger partial charge in [0.2, 0.25) is 5.91 Å². The average molecular weight is 379 g/mol. The molecule has 0 radical (unpaired) electrons. The molecule has 1 amide bonds. The van der Waals surface area contributed by atoms with Crippen molar-refractivity contribution in [3.63, 3.8) is 0 Å².